The summed E-state index contributed by atoms with van der Waals surface area (Å²) in [6.07, 6.45) is 3.81. The summed E-state index contributed by atoms with van der Waals surface area (Å²) < 4.78 is 25.9. The van der Waals surface area contributed by atoms with Gasteiger partial charge in [-0.25, -0.2) is 8.42 Å². The molecule has 0 bridgehead atoms. The van der Waals surface area contributed by atoms with E-state index in [9.17, 15) is 27.6 Å². The van der Waals surface area contributed by atoms with Crippen LogP contribution in [-0.2, 0) is 19.6 Å². The highest BCUT2D eigenvalue weighted by Crippen LogP contribution is 2.22. The Morgan fingerprint density at radius 3 is 1.96 bits per heavy atom. The highest BCUT2D eigenvalue weighted by atomic mass is 32.2. The van der Waals surface area contributed by atoms with Gasteiger partial charge in [-0.1, -0.05) is 70.9 Å². The number of rotatable bonds is 19. The summed E-state index contributed by atoms with van der Waals surface area (Å²) in [7, 11) is -2.34. The zero-order chi connectivity index (χ0) is 36.0. The molecule has 5 N–H and O–H groups in total. The predicted molar refractivity (Wildman–Crippen MR) is 190 cm³/mol. The van der Waals surface area contributed by atoms with E-state index >= 15 is 0 Å². The van der Waals surface area contributed by atoms with Crippen LogP contribution in [0, 0.1) is 5.92 Å². The first kappa shape index (κ1) is 40.2. The van der Waals surface area contributed by atoms with Crippen LogP contribution in [0.2, 0.25) is 0 Å². The largest absolute Gasteiger partial charge is 0.355 e. The average molecular weight is 687 g/mol. The lowest BCUT2D eigenvalue weighted by atomic mass is 10.0. The molecule has 0 fully saturated rings. The Hall–Kier alpha value is -3.97. The normalized spacial score (nSPS) is 13.9. The van der Waals surface area contributed by atoms with Gasteiger partial charge in [-0.05, 0) is 56.4 Å². The molecule has 0 aromatic heterocycles. The van der Waals surface area contributed by atoms with E-state index in [0.29, 0.717) is 19.4 Å². The first-order chi connectivity index (χ1) is 22.6. The first-order valence-corrected chi connectivity index (χ1v) is 18.5. The van der Waals surface area contributed by atoms with Crippen LogP contribution < -0.4 is 30.9 Å². The van der Waals surface area contributed by atoms with Crippen LogP contribution in [0.25, 0.3) is 0 Å². The van der Waals surface area contributed by atoms with Crippen molar-refractivity contribution in [3.8, 4) is 0 Å². The van der Waals surface area contributed by atoms with E-state index in [1.807, 2.05) is 71.9 Å². The molecule has 0 saturated carbocycles. The summed E-state index contributed by atoms with van der Waals surface area (Å²) in [6.45, 7) is 12.0. The average Bonchev–Trinajstić information content (AvgIpc) is 3.05. The molecule has 0 aliphatic rings. The van der Waals surface area contributed by atoms with Crippen molar-refractivity contribution < 1.29 is 27.6 Å². The van der Waals surface area contributed by atoms with E-state index in [1.54, 1.807) is 0 Å². The molecule has 4 atom stereocenters. The van der Waals surface area contributed by atoms with Gasteiger partial charge in [-0.2, -0.15) is 0 Å². The second-order valence-corrected chi connectivity index (χ2v) is 14.4. The standard InChI is InChI=1S/C35H54N6O6S/c1-9-12-18-28(22-37-30(10-2)34(44)40-31(23(4)5)35(45)36-11-3)39-33(43)27-19-26(20-29(21-27)41(7)48(8,46)47)32(42)38-24(6)25-16-14-13-15-17-25/h13-17,19-21,23-24,28,30-31,37H,9-12,18,22H2,1-8H3,(H,36,45)(H,38,42)(H,39,43)(H,40,44)/t24-,28+,30+,31+/m1/s1. The second kappa shape index (κ2) is 19.1. The van der Waals surface area contributed by atoms with Gasteiger partial charge in [0.15, 0.2) is 0 Å². The minimum atomic E-state index is -3.70. The van der Waals surface area contributed by atoms with E-state index in [-0.39, 0.29) is 53.2 Å². The SMILES string of the molecule is CCCC[C@@H](CN[C@@H](CC)C(=O)N[C@H](C(=O)NCC)C(C)C)NC(=O)c1cc(C(=O)N[C@H](C)c2ccccc2)cc(N(C)S(C)(=O)=O)c1. The van der Waals surface area contributed by atoms with Crippen molar-refractivity contribution in [2.75, 3.05) is 30.7 Å². The van der Waals surface area contributed by atoms with E-state index < -0.39 is 33.9 Å². The van der Waals surface area contributed by atoms with Gasteiger partial charge < -0.3 is 26.6 Å². The number of likely N-dealkylation sites (N-methyl/N-ethyl adjacent to an activating group) is 1. The number of benzene rings is 2. The number of nitrogens with one attached hydrogen (secondary N) is 5. The van der Waals surface area contributed by atoms with Crippen molar-refractivity contribution in [3.05, 3.63) is 65.2 Å². The summed E-state index contributed by atoms with van der Waals surface area (Å²) in [6, 6.07) is 11.7. The molecule has 0 aliphatic heterocycles. The number of carbonyl (C=O) groups excluding carboxylic acids is 4. The Bertz CT molecular complexity index is 1480. The zero-order valence-corrected chi connectivity index (χ0v) is 30.4. The molecule has 2 aromatic carbocycles. The number of sulfonamides is 1. The third kappa shape index (κ3) is 12.2. The van der Waals surface area contributed by atoms with Gasteiger partial charge in [0.2, 0.25) is 21.8 Å². The Balaban J connectivity index is 2.30. The van der Waals surface area contributed by atoms with Gasteiger partial charge in [0, 0.05) is 37.3 Å². The number of hydrogen-bond donors (Lipinski definition) is 5. The maximum Gasteiger partial charge on any atom is 0.251 e. The van der Waals surface area contributed by atoms with Crippen LogP contribution in [0.15, 0.2) is 48.5 Å². The van der Waals surface area contributed by atoms with Gasteiger partial charge in [-0.15, -0.1) is 0 Å². The van der Waals surface area contributed by atoms with Crippen LogP contribution in [0.5, 0.6) is 0 Å². The van der Waals surface area contributed by atoms with Crippen molar-refractivity contribution >= 4 is 39.3 Å². The van der Waals surface area contributed by atoms with Crippen molar-refractivity contribution in [1.29, 1.82) is 0 Å². The summed E-state index contributed by atoms with van der Waals surface area (Å²) in [5, 5.41) is 14.8. The molecule has 4 amide bonds. The topological polar surface area (TPSA) is 166 Å². The quantitative estimate of drug-likeness (QED) is 0.151. The molecule has 13 heteroatoms. The maximum atomic E-state index is 13.7. The lowest BCUT2D eigenvalue weighted by Gasteiger charge is -2.26. The molecular formula is C35H54N6O6S. The lowest BCUT2D eigenvalue weighted by Crippen LogP contribution is -2.56. The molecule has 0 unspecified atom stereocenters. The van der Waals surface area contributed by atoms with Crippen molar-refractivity contribution in [3.63, 3.8) is 0 Å². The molecular weight excluding hydrogens is 632 g/mol. The van der Waals surface area contributed by atoms with Crippen LogP contribution in [0.1, 0.15) is 99.5 Å². The fourth-order valence-electron chi connectivity index (χ4n) is 5.08. The minimum Gasteiger partial charge on any atom is -0.355 e. The van der Waals surface area contributed by atoms with Gasteiger partial charge in [0.25, 0.3) is 11.8 Å². The second-order valence-electron chi connectivity index (χ2n) is 12.4. The number of hydrogen-bond acceptors (Lipinski definition) is 7. The maximum absolute atomic E-state index is 13.7. The fourth-order valence-corrected chi connectivity index (χ4v) is 5.56. The lowest BCUT2D eigenvalue weighted by molar-refractivity contribution is -0.131. The fraction of sp³-hybridized carbons (Fsp3) is 0.543. The van der Waals surface area contributed by atoms with Gasteiger partial charge in [0.05, 0.1) is 24.0 Å². The Morgan fingerprint density at radius 2 is 1.44 bits per heavy atom. The molecule has 266 valence electrons. The Kier molecular flexibility index (Phi) is 16.0. The highest BCUT2D eigenvalue weighted by molar-refractivity contribution is 7.92. The van der Waals surface area contributed by atoms with Gasteiger partial charge >= 0.3 is 0 Å². The summed E-state index contributed by atoms with van der Waals surface area (Å²) >= 11 is 0. The molecule has 0 heterocycles. The number of carbonyl (C=O) groups is 4. The van der Waals surface area contributed by atoms with E-state index in [4.69, 9.17) is 0 Å². The van der Waals surface area contributed by atoms with Crippen LogP contribution in [0.4, 0.5) is 5.69 Å². The number of anilines is 1. The molecule has 48 heavy (non-hydrogen) atoms. The number of nitrogens with zero attached hydrogens (tertiary/aromatic N) is 1. The predicted octanol–water partition coefficient (Wildman–Crippen LogP) is 3.51. The smallest absolute Gasteiger partial charge is 0.251 e. The van der Waals surface area contributed by atoms with Crippen LogP contribution in [0.3, 0.4) is 0 Å². The van der Waals surface area contributed by atoms with Crippen molar-refractivity contribution in [1.82, 2.24) is 26.6 Å². The van der Waals surface area contributed by atoms with Gasteiger partial charge in [0.1, 0.15) is 6.04 Å². The molecule has 12 nitrogen and oxygen atoms in total. The summed E-state index contributed by atoms with van der Waals surface area (Å²) in [5.74, 6) is -1.60. The monoisotopic (exact) mass is 686 g/mol. The summed E-state index contributed by atoms with van der Waals surface area (Å²) in [5.41, 5.74) is 1.31. The van der Waals surface area contributed by atoms with E-state index in [0.717, 1.165) is 29.0 Å². The van der Waals surface area contributed by atoms with Gasteiger partial charge in [-0.3, -0.25) is 23.5 Å². The number of amides is 4. The van der Waals surface area contributed by atoms with E-state index in [1.165, 1.54) is 25.2 Å². The molecule has 2 rings (SSSR count). The number of unbranched alkanes of at least 4 members (excludes halogenated alkanes) is 1. The third-order valence-corrected chi connectivity index (χ3v) is 9.33. The third-order valence-electron chi connectivity index (χ3n) is 8.13. The van der Waals surface area contributed by atoms with Crippen molar-refractivity contribution in [2.45, 2.75) is 91.4 Å². The highest BCUT2D eigenvalue weighted by Gasteiger charge is 2.28. The van der Waals surface area contributed by atoms with Crippen LogP contribution >= 0.6 is 0 Å². The molecule has 2 aromatic rings. The minimum absolute atomic E-state index is 0.111. The van der Waals surface area contributed by atoms with E-state index in [2.05, 4.69) is 26.6 Å². The Morgan fingerprint density at radius 1 is 0.833 bits per heavy atom. The molecule has 0 radical (unpaired) electrons. The summed E-state index contributed by atoms with van der Waals surface area (Å²) in [4.78, 5) is 52.8. The van der Waals surface area contributed by atoms with Crippen LogP contribution in [-0.4, -0.2) is 76.6 Å². The Labute approximate surface area is 286 Å². The molecule has 0 aliphatic carbocycles. The zero-order valence-electron chi connectivity index (χ0n) is 29.6. The first-order valence-electron chi connectivity index (χ1n) is 16.7. The molecule has 0 spiro atoms. The molecule has 0 saturated heterocycles. The van der Waals surface area contributed by atoms with Crippen molar-refractivity contribution in [2.24, 2.45) is 5.92 Å².